The number of aromatic amines is 1. The van der Waals surface area contributed by atoms with Gasteiger partial charge in [-0.2, -0.15) is 5.10 Å². The lowest BCUT2D eigenvalue weighted by Crippen LogP contribution is -2.46. The summed E-state index contributed by atoms with van der Waals surface area (Å²) in [6.45, 7) is 2.53. The second kappa shape index (κ2) is 7.34. The summed E-state index contributed by atoms with van der Waals surface area (Å²) in [7, 11) is 0. The fraction of sp³-hybridized carbons (Fsp3) is 0.353. The highest BCUT2D eigenvalue weighted by Crippen LogP contribution is 2.32. The van der Waals surface area contributed by atoms with Gasteiger partial charge in [-0.3, -0.25) is 24.5 Å². The van der Waals surface area contributed by atoms with E-state index in [9.17, 15) is 14.4 Å². The molecule has 2 atom stereocenters. The van der Waals surface area contributed by atoms with Crippen molar-refractivity contribution in [2.75, 3.05) is 11.9 Å². The molecule has 1 aliphatic heterocycles. The van der Waals surface area contributed by atoms with Crippen molar-refractivity contribution in [3.63, 3.8) is 0 Å². The molecule has 0 aliphatic carbocycles. The summed E-state index contributed by atoms with van der Waals surface area (Å²) in [4.78, 5) is 41.8. The van der Waals surface area contributed by atoms with Crippen molar-refractivity contribution < 1.29 is 14.4 Å². The maximum absolute atomic E-state index is 12.7. The first-order chi connectivity index (χ1) is 12.5. The zero-order valence-corrected chi connectivity index (χ0v) is 14.3. The fourth-order valence-corrected chi connectivity index (χ4v) is 3.12. The van der Waals surface area contributed by atoms with Gasteiger partial charge in [0.05, 0.1) is 29.7 Å². The van der Waals surface area contributed by atoms with E-state index >= 15 is 0 Å². The number of aromatic nitrogens is 3. The van der Waals surface area contributed by atoms with Crippen LogP contribution in [0, 0.1) is 5.92 Å². The van der Waals surface area contributed by atoms with Crippen LogP contribution in [0.1, 0.15) is 41.7 Å². The maximum Gasteiger partial charge on any atom is 0.313 e. The Morgan fingerprint density at radius 2 is 2.08 bits per heavy atom. The van der Waals surface area contributed by atoms with Crippen molar-refractivity contribution in [3.05, 3.63) is 42.0 Å². The van der Waals surface area contributed by atoms with Crippen molar-refractivity contribution in [2.24, 2.45) is 11.7 Å². The summed E-state index contributed by atoms with van der Waals surface area (Å²) in [6.07, 6.45) is 7.77. The van der Waals surface area contributed by atoms with E-state index in [0.717, 1.165) is 18.4 Å². The number of likely N-dealkylation sites (tertiary alicyclic amines) is 1. The second-order valence-corrected chi connectivity index (χ2v) is 6.47. The molecule has 9 nitrogen and oxygen atoms in total. The van der Waals surface area contributed by atoms with E-state index in [2.05, 4.69) is 20.5 Å². The Kier molecular flexibility index (Phi) is 4.97. The van der Waals surface area contributed by atoms with Crippen LogP contribution in [0.15, 0.2) is 30.9 Å². The summed E-state index contributed by atoms with van der Waals surface area (Å²) in [5, 5.41) is 9.17. The van der Waals surface area contributed by atoms with Gasteiger partial charge >= 0.3 is 11.8 Å². The summed E-state index contributed by atoms with van der Waals surface area (Å²) < 4.78 is 0. The highest BCUT2D eigenvalue weighted by atomic mass is 16.2. The van der Waals surface area contributed by atoms with Crippen LogP contribution in [0.2, 0.25) is 0 Å². The Morgan fingerprint density at radius 3 is 2.77 bits per heavy atom. The average molecular weight is 356 g/mol. The molecule has 3 amide bonds. The van der Waals surface area contributed by atoms with Gasteiger partial charge in [0, 0.05) is 24.5 Å². The fourth-order valence-electron chi connectivity index (χ4n) is 3.12. The first kappa shape index (κ1) is 17.6. The van der Waals surface area contributed by atoms with E-state index in [-0.39, 0.29) is 17.3 Å². The van der Waals surface area contributed by atoms with Crippen LogP contribution in [-0.2, 0) is 9.59 Å². The van der Waals surface area contributed by atoms with Crippen LogP contribution in [0.3, 0.4) is 0 Å². The molecule has 1 fully saturated rings. The Bertz CT molecular complexity index is 820. The lowest BCUT2D eigenvalue weighted by molar-refractivity contribution is -0.146. The van der Waals surface area contributed by atoms with E-state index < -0.39 is 17.7 Å². The van der Waals surface area contributed by atoms with Crippen LogP contribution in [-0.4, -0.2) is 44.3 Å². The molecule has 2 aromatic rings. The Hall–Kier alpha value is -3.23. The van der Waals surface area contributed by atoms with Gasteiger partial charge in [-0.15, -0.1) is 0 Å². The quantitative estimate of drug-likeness (QED) is 0.701. The van der Waals surface area contributed by atoms with Gasteiger partial charge in [0.2, 0.25) is 5.91 Å². The molecule has 0 radical (unpaired) electrons. The summed E-state index contributed by atoms with van der Waals surface area (Å²) in [6, 6.07) is 1.19. The predicted molar refractivity (Wildman–Crippen MR) is 92.8 cm³/mol. The van der Waals surface area contributed by atoms with Crippen LogP contribution in [0.25, 0.3) is 0 Å². The van der Waals surface area contributed by atoms with E-state index in [1.165, 1.54) is 18.5 Å². The molecule has 0 bridgehead atoms. The van der Waals surface area contributed by atoms with Crippen LogP contribution >= 0.6 is 0 Å². The number of rotatable bonds is 3. The third-order valence-corrected chi connectivity index (χ3v) is 4.46. The lowest BCUT2D eigenvalue weighted by atomic mass is 9.91. The SMILES string of the molecule is C[C@@H]1CC[C@@H](c2cn[nH]c2)N(C(=O)C(=O)Nc2cncc(C(N)=O)c2)C1. The summed E-state index contributed by atoms with van der Waals surface area (Å²) >= 11 is 0. The number of pyridine rings is 1. The zero-order chi connectivity index (χ0) is 18.7. The number of hydrogen-bond donors (Lipinski definition) is 3. The highest BCUT2D eigenvalue weighted by molar-refractivity contribution is 6.39. The monoisotopic (exact) mass is 356 g/mol. The van der Waals surface area contributed by atoms with Crippen LogP contribution in [0.5, 0.6) is 0 Å². The molecule has 1 aliphatic rings. The number of piperidine rings is 1. The lowest BCUT2D eigenvalue weighted by Gasteiger charge is -2.37. The Balaban J connectivity index is 1.76. The number of nitrogens with zero attached hydrogens (tertiary/aromatic N) is 3. The number of anilines is 1. The Labute approximate surface area is 150 Å². The number of nitrogens with two attached hydrogens (primary N) is 1. The molecule has 3 rings (SSSR count). The first-order valence-corrected chi connectivity index (χ1v) is 8.31. The van der Waals surface area contributed by atoms with Gasteiger partial charge in [0.1, 0.15) is 0 Å². The number of amides is 3. The standard InChI is InChI=1S/C17H20N6O3/c1-10-2-3-14(12-6-20-21-7-12)23(9-10)17(26)16(25)22-13-4-11(15(18)24)5-19-8-13/h4-8,10,14H,2-3,9H2,1H3,(H2,18,24)(H,20,21)(H,22,25)/t10-,14+/m1/s1. The molecule has 136 valence electrons. The number of carbonyl (C=O) groups is 3. The minimum Gasteiger partial charge on any atom is -0.366 e. The molecular formula is C17H20N6O3. The van der Waals surface area contributed by atoms with Crippen molar-refractivity contribution in [1.29, 1.82) is 0 Å². The van der Waals surface area contributed by atoms with Crippen molar-refractivity contribution in [1.82, 2.24) is 20.1 Å². The average Bonchev–Trinajstić information content (AvgIpc) is 3.15. The van der Waals surface area contributed by atoms with Crippen LogP contribution in [0.4, 0.5) is 5.69 Å². The maximum atomic E-state index is 12.7. The van der Waals surface area contributed by atoms with Crippen molar-refractivity contribution in [3.8, 4) is 0 Å². The number of hydrogen-bond acceptors (Lipinski definition) is 5. The molecule has 2 aromatic heterocycles. The molecule has 4 N–H and O–H groups in total. The summed E-state index contributed by atoms with van der Waals surface area (Å²) in [5.41, 5.74) is 6.46. The van der Waals surface area contributed by atoms with Gasteiger partial charge < -0.3 is 16.0 Å². The summed E-state index contributed by atoms with van der Waals surface area (Å²) in [5.74, 6) is -1.78. The minimum atomic E-state index is -0.781. The molecular weight excluding hydrogens is 336 g/mol. The van der Waals surface area contributed by atoms with Gasteiger partial charge in [0.25, 0.3) is 0 Å². The molecule has 0 spiro atoms. The zero-order valence-electron chi connectivity index (χ0n) is 14.3. The van der Waals surface area contributed by atoms with Crippen molar-refractivity contribution >= 4 is 23.4 Å². The molecule has 3 heterocycles. The van der Waals surface area contributed by atoms with Gasteiger partial charge in [-0.05, 0) is 24.8 Å². The van der Waals surface area contributed by atoms with E-state index in [1.54, 1.807) is 17.3 Å². The number of nitrogens with one attached hydrogen (secondary N) is 2. The first-order valence-electron chi connectivity index (χ1n) is 8.31. The smallest absolute Gasteiger partial charge is 0.313 e. The van der Waals surface area contributed by atoms with Gasteiger partial charge in [-0.25, -0.2) is 0 Å². The molecule has 0 unspecified atom stereocenters. The minimum absolute atomic E-state index is 0.151. The van der Waals surface area contributed by atoms with E-state index in [4.69, 9.17) is 5.73 Å². The second-order valence-electron chi connectivity index (χ2n) is 6.47. The normalized spacial score (nSPS) is 19.8. The molecule has 0 saturated carbocycles. The third-order valence-electron chi connectivity index (χ3n) is 4.46. The van der Waals surface area contributed by atoms with E-state index in [1.807, 2.05) is 6.92 Å². The highest BCUT2D eigenvalue weighted by Gasteiger charge is 2.34. The van der Waals surface area contributed by atoms with Gasteiger partial charge in [0.15, 0.2) is 0 Å². The third kappa shape index (κ3) is 3.71. The van der Waals surface area contributed by atoms with Crippen LogP contribution < -0.4 is 11.1 Å². The van der Waals surface area contributed by atoms with Crippen molar-refractivity contribution in [2.45, 2.75) is 25.8 Å². The number of H-pyrrole nitrogens is 1. The number of primary amides is 1. The topological polar surface area (TPSA) is 134 Å². The molecule has 9 heteroatoms. The van der Waals surface area contributed by atoms with E-state index in [0.29, 0.717) is 12.5 Å². The largest absolute Gasteiger partial charge is 0.366 e. The van der Waals surface area contributed by atoms with Gasteiger partial charge in [-0.1, -0.05) is 6.92 Å². The predicted octanol–water partition coefficient (Wildman–Crippen LogP) is 0.842. The molecule has 26 heavy (non-hydrogen) atoms. The molecule has 1 saturated heterocycles. The molecule has 0 aromatic carbocycles. The Morgan fingerprint density at radius 1 is 1.27 bits per heavy atom. The number of carbonyl (C=O) groups excluding carboxylic acids is 3.